The van der Waals surface area contributed by atoms with Crippen molar-refractivity contribution in [2.75, 3.05) is 0 Å². The number of hydrogen-bond donors (Lipinski definition) is 2. The van der Waals surface area contributed by atoms with Gasteiger partial charge in [0.15, 0.2) is 0 Å². The van der Waals surface area contributed by atoms with E-state index in [1.165, 1.54) is 5.56 Å². The van der Waals surface area contributed by atoms with E-state index < -0.39 is 5.97 Å². The zero-order chi connectivity index (χ0) is 16.7. The predicted octanol–water partition coefficient (Wildman–Crippen LogP) is 4.21. The lowest BCUT2D eigenvalue weighted by Crippen LogP contribution is -2.31. The van der Waals surface area contributed by atoms with E-state index in [1.54, 1.807) is 0 Å². The Morgan fingerprint density at radius 1 is 1.17 bits per heavy atom. The quantitative estimate of drug-likeness (QED) is 0.761. The molecule has 0 spiro atoms. The van der Waals surface area contributed by atoms with Crippen LogP contribution in [-0.4, -0.2) is 17.1 Å². The SMILES string of the molecule is Cc1cc(Cl)cc(CNC(CCC(=O)O)Cc2ccccc2)c1. The smallest absolute Gasteiger partial charge is 0.303 e. The molecule has 1 atom stereocenters. The van der Waals surface area contributed by atoms with Crippen molar-refractivity contribution in [1.82, 2.24) is 5.32 Å². The van der Waals surface area contributed by atoms with Crippen LogP contribution in [0.5, 0.6) is 0 Å². The van der Waals surface area contributed by atoms with Gasteiger partial charge in [-0.3, -0.25) is 4.79 Å². The first-order valence-electron chi connectivity index (χ1n) is 7.78. The molecule has 1 unspecified atom stereocenters. The first kappa shape index (κ1) is 17.5. The van der Waals surface area contributed by atoms with Crippen LogP contribution in [0.1, 0.15) is 29.5 Å². The Kier molecular flexibility index (Phi) is 6.63. The topological polar surface area (TPSA) is 49.3 Å². The maximum atomic E-state index is 10.9. The van der Waals surface area contributed by atoms with E-state index >= 15 is 0 Å². The number of aliphatic carboxylic acids is 1. The van der Waals surface area contributed by atoms with Crippen molar-refractivity contribution in [2.45, 2.75) is 38.8 Å². The Morgan fingerprint density at radius 2 is 1.91 bits per heavy atom. The summed E-state index contributed by atoms with van der Waals surface area (Å²) in [4.78, 5) is 10.9. The van der Waals surface area contributed by atoms with E-state index in [0.717, 1.165) is 22.6 Å². The molecule has 23 heavy (non-hydrogen) atoms. The van der Waals surface area contributed by atoms with E-state index in [4.69, 9.17) is 16.7 Å². The molecule has 0 aliphatic heterocycles. The molecule has 0 aliphatic rings. The van der Waals surface area contributed by atoms with Gasteiger partial charge in [-0.1, -0.05) is 48.0 Å². The van der Waals surface area contributed by atoms with Gasteiger partial charge in [0.05, 0.1) is 0 Å². The molecule has 0 bridgehead atoms. The normalized spacial score (nSPS) is 12.1. The Labute approximate surface area is 142 Å². The van der Waals surface area contributed by atoms with Gasteiger partial charge in [0.1, 0.15) is 0 Å². The molecule has 0 heterocycles. The fourth-order valence-electron chi connectivity index (χ4n) is 2.65. The summed E-state index contributed by atoms with van der Waals surface area (Å²) >= 11 is 6.09. The molecule has 2 N–H and O–H groups in total. The van der Waals surface area contributed by atoms with Gasteiger partial charge in [0, 0.05) is 24.0 Å². The molecule has 0 saturated heterocycles. The highest BCUT2D eigenvalue weighted by atomic mass is 35.5. The molecular formula is C19H22ClNO2. The van der Waals surface area contributed by atoms with Crippen LogP contribution in [0.15, 0.2) is 48.5 Å². The van der Waals surface area contributed by atoms with Crippen molar-refractivity contribution in [3.63, 3.8) is 0 Å². The van der Waals surface area contributed by atoms with E-state index in [2.05, 4.69) is 23.5 Å². The third-order valence-corrected chi connectivity index (χ3v) is 3.95. The lowest BCUT2D eigenvalue weighted by Gasteiger charge is -2.18. The summed E-state index contributed by atoms with van der Waals surface area (Å²) < 4.78 is 0. The number of nitrogens with one attached hydrogen (secondary N) is 1. The second-order valence-corrected chi connectivity index (χ2v) is 6.27. The van der Waals surface area contributed by atoms with Gasteiger partial charge >= 0.3 is 5.97 Å². The van der Waals surface area contributed by atoms with Crippen molar-refractivity contribution < 1.29 is 9.90 Å². The van der Waals surface area contributed by atoms with Crippen LogP contribution in [0.25, 0.3) is 0 Å². The number of hydrogen-bond acceptors (Lipinski definition) is 2. The van der Waals surface area contributed by atoms with Crippen molar-refractivity contribution >= 4 is 17.6 Å². The third kappa shape index (κ3) is 6.43. The summed E-state index contributed by atoms with van der Waals surface area (Å²) in [6.07, 6.45) is 1.58. The van der Waals surface area contributed by atoms with Gasteiger partial charge in [-0.15, -0.1) is 0 Å². The molecule has 0 amide bonds. The fourth-order valence-corrected chi connectivity index (χ4v) is 2.96. The highest BCUT2D eigenvalue weighted by molar-refractivity contribution is 6.30. The summed E-state index contributed by atoms with van der Waals surface area (Å²) in [5.74, 6) is -0.761. The lowest BCUT2D eigenvalue weighted by atomic mass is 10.0. The van der Waals surface area contributed by atoms with Crippen molar-refractivity contribution in [2.24, 2.45) is 0 Å². The number of aryl methyl sites for hydroxylation is 1. The minimum absolute atomic E-state index is 0.118. The van der Waals surface area contributed by atoms with Crippen LogP contribution in [0.3, 0.4) is 0 Å². The van der Waals surface area contributed by atoms with Gasteiger partial charge in [0.2, 0.25) is 0 Å². The zero-order valence-corrected chi connectivity index (χ0v) is 14.0. The molecule has 2 rings (SSSR count). The number of carboxylic acids is 1. The average molecular weight is 332 g/mol. The minimum Gasteiger partial charge on any atom is -0.481 e. The lowest BCUT2D eigenvalue weighted by molar-refractivity contribution is -0.137. The molecule has 0 radical (unpaired) electrons. The monoisotopic (exact) mass is 331 g/mol. The van der Waals surface area contributed by atoms with Crippen LogP contribution in [0.4, 0.5) is 0 Å². The molecule has 122 valence electrons. The second kappa shape index (κ2) is 8.70. The van der Waals surface area contributed by atoms with Crippen LogP contribution in [-0.2, 0) is 17.8 Å². The van der Waals surface area contributed by atoms with Crippen LogP contribution < -0.4 is 5.32 Å². The summed E-state index contributed by atoms with van der Waals surface area (Å²) in [5, 5.41) is 13.1. The number of benzene rings is 2. The second-order valence-electron chi connectivity index (χ2n) is 5.84. The molecular weight excluding hydrogens is 310 g/mol. The largest absolute Gasteiger partial charge is 0.481 e. The third-order valence-electron chi connectivity index (χ3n) is 3.73. The molecule has 3 nitrogen and oxygen atoms in total. The van der Waals surface area contributed by atoms with Gasteiger partial charge in [-0.25, -0.2) is 0 Å². The van der Waals surface area contributed by atoms with Crippen molar-refractivity contribution in [1.29, 1.82) is 0 Å². The number of halogens is 1. The highest BCUT2D eigenvalue weighted by Crippen LogP contribution is 2.15. The van der Waals surface area contributed by atoms with Gasteiger partial charge in [-0.05, 0) is 48.6 Å². The molecule has 0 fully saturated rings. The highest BCUT2D eigenvalue weighted by Gasteiger charge is 2.12. The molecule has 2 aromatic carbocycles. The standard InChI is InChI=1S/C19H22ClNO2/c1-14-9-16(11-17(20)10-14)13-21-18(7-8-19(22)23)12-15-5-3-2-4-6-15/h2-6,9-11,18,21H,7-8,12-13H2,1H3,(H,22,23). The van der Waals surface area contributed by atoms with E-state index in [-0.39, 0.29) is 12.5 Å². The summed E-state index contributed by atoms with van der Waals surface area (Å²) in [6, 6.07) is 16.2. The molecule has 0 aliphatic carbocycles. The van der Waals surface area contributed by atoms with Gasteiger partial charge in [-0.2, -0.15) is 0 Å². The van der Waals surface area contributed by atoms with Gasteiger partial charge in [0.25, 0.3) is 0 Å². The summed E-state index contributed by atoms with van der Waals surface area (Å²) in [6.45, 7) is 2.69. The summed E-state index contributed by atoms with van der Waals surface area (Å²) in [7, 11) is 0. The maximum absolute atomic E-state index is 10.9. The Morgan fingerprint density at radius 3 is 2.57 bits per heavy atom. The first-order valence-corrected chi connectivity index (χ1v) is 8.16. The van der Waals surface area contributed by atoms with E-state index in [0.29, 0.717) is 13.0 Å². The zero-order valence-electron chi connectivity index (χ0n) is 13.3. The molecule has 4 heteroatoms. The van der Waals surface area contributed by atoms with E-state index in [1.807, 2.05) is 37.3 Å². The van der Waals surface area contributed by atoms with Crippen molar-refractivity contribution in [3.05, 3.63) is 70.2 Å². The number of carbonyl (C=O) groups is 1. The summed E-state index contributed by atoms with van der Waals surface area (Å²) in [5.41, 5.74) is 3.44. The van der Waals surface area contributed by atoms with Gasteiger partial charge < -0.3 is 10.4 Å². The number of rotatable bonds is 8. The van der Waals surface area contributed by atoms with Crippen LogP contribution in [0, 0.1) is 6.92 Å². The molecule has 2 aromatic rings. The minimum atomic E-state index is -0.761. The Balaban J connectivity index is 1.99. The maximum Gasteiger partial charge on any atom is 0.303 e. The first-order chi connectivity index (χ1) is 11.0. The van der Waals surface area contributed by atoms with Crippen LogP contribution in [0.2, 0.25) is 5.02 Å². The average Bonchev–Trinajstić information content (AvgIpc) is 2.50. The van der Waals surface area contributed by atoms with Crippen LogP contribution >= 0.6 is 11.6 Å². The molecule has 0 saturated carbocycles. The number of carboxylic acid groups (broad SMARTS) is 1. The van der Waals surface area contributed by atoms with E-state index in [9.17, 15) is 4.79 Å². The molecule has 0 aromatic heterocycles. The van der Waals surface area contributed by atoms with Crippen molar-refractivity contribution in [3.8, 4) is 0 Å². The fraction of sp³-hybridized carbons (Fsp3) is 0.316. The Bertz CT molecular complexity index is 623. The predicted molar refractivity (Wildman–Crippen MR) is 93.8 cm³/mol. The Hall–Kier alpha value is -1.84.